The van der Waals surface area contributed by atoms with E-state index < -0.39 is 6.10 Å². The van der Waals surface area contributed by atoms with Crippen LogP contribution in [0.25, 0.3) is 22.0 Å². The number of terminal acetylenes is 1. The minimum Gasteiger partial charge on any atom is -0.481 e. The zero-order valence-corrected chi connectivity index (χ0v) is 16.6. The van der Waals surface area contributed by atoms with Crippen LogP contribution in [-0.2, 0) is 4.79 Å². The van der Waals surface area contributed by atoms with Crippen LogP contribution in [0.15, 0.2) is 54.7 Å². The number of rotatable bonds is 4. The largest absolute Gasteiger partial charge is 0.481 e. The molecule has 3 aromatic rings. The van der Waals surface area contributed by atoms with Gasteiger partial charge in [0.25, 0.3) is 5.91 Å². The predicted molar refractivity (Wildman–Crippen MR) is 116 cm³/mol. The second kappa shape index (κ2) is 8.36. The number of ether oxygens (including phenoxy) is 1. The highest BCUT2D eigenvalue weighted by Gasteiger charge is 2.23. The Morgan fingerprint density at radius 1 is 1.10 bits per heavy atom. The summed E-state index contributed by atoms with van der Waals surface area (Å²) in [6.07, 6.45) is 10.3. The molecule has 0 radical (unpaired) electrons. The summed E-state index contributed by atoms with van der Waals surface area (Å²) >= 11 is 0. The van der Waals surface area contributed by atoms with Crippen LogP contribution in [0, 0.1) is 12.3 Å². The van der Waals surface area contributed by atoms with Crippen molar-refractivity contribution in [1.29, 1.82) is 0 Å². The van der Waals surface area contributed by atoms with Crippen LogP contribution in [0.4, 0.5) is 0 Å². The normalized spacial score (nSPS) is 15.0. The first-order valence-corrected chi connectivity index (χ1v) is 10.1. The van der Waals surface area contributed by atoms with Gasteiger partial charge in [-0.3, -0.25) is 9.78 Å². The van der Waals surface area contributed by atoms with E-state index in [2.05, 4.69) is 10.9 Å². The van der Waals surface area contributed by atoms with E-state index in [9.17, 15) is 4.79 Å². The zero-order chi connectivity index (χ0) is 20.2. The van der Waals surface area contributed by atoms with Crippen molar-refractivity contribution < 1.29 is 9.53 Å². The molecule has 1 aliphatic rings. The lowest BCUT2D eigenvalue weighted by Gasteiger charge is -2.29. The Balaban J connectivity index is 1.60. The van der Waals surface area contributed by atoms with Gasteiger partial charge in [0.05, 0.1) is 5.52 Å². The van der Waals surface area contributed by atoms with Gasteiger partial charge in [-0.25, -0.2) is 0 Å². The van der Waals surface area contributed by atoms with E-state index in [1.807, 2.05) is 60.4 Å². The molecule has 0 spiro atoms. The first kappa shape index (κ1) is 19.0. The fourth-order valence-corrected chi connectivity index (χ4v) is 3.91. The molecule has 1 fully saturated rings. The maximum atomic E-state index is 12.6. The van der Waals surface area contributed by atoms with Gasteiger partial charge in [-0.15, -0.1) is 6.42 Å². The third-order valence-corrected chi connectivity index (χ3v) is 5.42. The lowest BCUT2D eigenvalue weighted by molar-refractivity contribution is -0.138. The number of benzene rings is 2. The molecule has 0 saturated carbocycles. The molecule has 4 nitrogen and oxygen atoms in total. The molecule has 0 aliphatic carbocycles. The second-order valence-electron chi connectivity index (χ2n) is 7.37. The summed E-state index contributed by atoms with van der Waals surface area (Å²) in [4.78, 5) is 19.0. The molecule has 0 bridgehead atoms. The van der Waals surface area contributed by atoms with Gasteiger partial charge in [0.15, 0.2) is 6.10 Å². The highest BCUT2D eigenvalue weighted by Crippen LogP contribution is 2.31. The Bertz CT molecular complexity index is 1080. The number of hydrogen-bond acceptors (Lipinski definition) is 3. The lowest BCUT2D eigenvalue weighted by atomic mass is 9.97. The quantitative estimate of drug-likeness (QED) is 0.614. The van der Waals surface area contributed by atoms with Gasteiger partial charge < -0.3 is 9.64 Å². The summed E-state index contributed by atoms with van der Waals surface area (Å²) in [6, 6.07) is 15.6. The highest BCUT2D eigenvalue weighted by atomic mass is 16.5. The molecule has 2 aromatic carbocycles. The SMILES string of the molecule is C#Cc1ccccc1-c1ccnc2cc(OC(C)C(=O)N3CCCCC3)ccc12. The van der Waals surface area contributed by atoms with Gasteiger partial charge in [-0.2, -0.15) is 0 Å². The molecular weight excluding hydrogens is 360 g/mol. The third kappa shape index (κ3) is 3.95. The van der Waals surface area contributed by atoms with Crippen molar-refractivity contribution in [3.8, 4) is 29.2 Å². The smallest absolute Gasteiger partial charge is 0.263 e. The summed E-state index contributed by atoms with van der Waals surface area (Å²) in [5.74, 6) is 3.45. The number of likely N-dealkylation sites (tertiary alicyclic amines) is 1. The summed E-state index contributed by atoms with van der Waals surface area (Å²) < 4.78 is 5.96. The lowest BCUT2D eigenvalue weighted by Crippen LogP contribution is -2.43. The molecular formula is C25H24N2O2. The van der Waals surface area contributed by atoms with E-state index in [0.29, 0.717) is 5.75 Å². The zero-order valence-electron chi connectivity index (χ0n) is 16.6. The van der Waals surface area contributed by atoms with Crippen LogP contribution in [0.3, 0.4) is 0 Å². The molecule has 146 valence electrons. The summed E-state index contributed by atoms with van der Waals surface area (Å²) in [5, 5.41) is 0.998. The van der Waals surface area contributed by atoms with E-state index in [0.717, 1.165) is 53.5 Å². The number of aromatic nitrogens is 1. The molecule has 0 N–H and O–H groups in total. The van der Waals surface area contributed by atoms with Crippen molar-refractivity contribution in [2.75, 3.05) is 13.1 Å². The topological polar surface area (TPSA) is 42.4 Å². The minimum atomic E-state index is -0.518. The summed E-state index contributed by atoms with van der Waals surface area (Å²) in [5.41, 5.74) is 3.70. The van der Waals surface area contributed by atoms with Gasteiger partial charge >= 0.3 is 0 Å². The fourth-order valence-electron chi connectivity index (χ4n) is 3.91. The first-order valence-electron chi connectivity index (χ1n) is 10.1. The maximum absolute atomic E-state index is 12.6. The molecule has 4 heteroatoms. The number of carbonyl (C=O) groups excluding carboxylic acids is 1. The van der Waals surface area contributed by atoms with Crippen LogP contribution in [0.2, 0.25) is 0 Å². The molecule has 4 rings (SSSR count). The Labute approximate surface area is 171 Å². The minimum absolute atomic E-state index is 0.0504. The molecule has 1 amide bonds. The molecule has 1 aromatic heterocycles. The maximum Gasteiger partial charge on any atom is 0.263 e. The van der Waals surface area contributed by atoms with E-state index in [1.165, 1.54) is 6.42 Å². The monoisotopic (exact) mass is 384 g/mol. The van der Waals surface area contributed by atoms with Crippen molar-refractivity contribution in [3.63, 3.8) is 0 Å². The molecule has 1 unspecified atom stereocenters. The Hall–Kier alpha value is -3.32. The number of carbonyl (C=O) groups is 1. The van der Waals surface area contributed by atoms with E-state index in [-0.39, 0.29) is 5.91 Å². The molecule has 1 saturated heterocycles. The Morgan fingerprint density at radius 2 is 1.90 bits per heavy atom. The Morgan fingerprint density at radius 3 is 2.69 bits per heavy atom. The van der Waals surface area contributed by atoms with Gasteiger partial charge in [-0.05, 0) is 61.6 Å². The molecule has 1 aliphatic heterocycles. The van der Waals surface area contributed by atoms with Crippen molar-refractivity contribution in [3.05, 3.63) is 60.3 Å². The van der Waals surface area contributed by atoms with Gasteiger partial charge in [-0.1, -0.05) is 24.1 Å². The number of pyridine rings is 1. The number of nitrogens with zero attached hydrogens (tertiary/aromatic N) is 2. The van der Waals surface area contributed by atoms with Crippen molar-refractivity contribution in [2.45, 2.75) is 32.3 Å². The fraction of sp³-hybridized carbons (Fsp3) is 0.280. The van der Waals surface area contributed by atoms with Crippen LogP contribution in [0.1, 0.15) is 31.7 Å². The van der Waals surface area contributed by atoms with Gasteiger partial charge in [0, 0.05) is 36.3 Å². The molecule has 1 atom stereocenters. The van der Waals surface area contributed by atoms with Gasteiger partial charge in [0.1, 0.15) is 5.75 Å². The number of amides is 1. The van der Waals surface area contributed by atoms with E-state index in [4.69, 9.17) is 11.2 Å². The van der Waals surface area contributed by atoms with E-state index in [1.54, 1.807) is 6.20 Å². The summed E-state index contributed by atoms with van der Waals surface area (Å²) in [6.45, 7) is 3.46. The Kier molecular flexibility index (Phi) is 5.48. The van der Waals surface area contributed by atoms with Crippen molar-refractivity contribution >= 4 is 16.8 Å². The number of piperidine rings is 1. The van der Waals surface area contributed by atoms with Crippen LogP contribution in [0.5, 0.6) is 5.75 Å². The van der Waals surface area contributed by atoms with Crippen molar-refractivity contribution in [2.24, 2.45) is 0 Å². The van der Waals surface area contributed by atoms with Crippen LogP contribution < -0.4 is 4.74 Å². The second-order valence-corrected chi connectivity index (χ2v) is 7.37. The van der Waals surface area contributed by atoms with E-state index >= 15 is 0 Å². The molecule has 2 heterocycles. The third-order valence-electron chi connectivity index (χ3n) is 5.42. The predicted octanol–water partition coefficient (Wildman–Crippen LogP) is 4.66. The average Bonchev–Trinajstić information content (AvgIpc) is 2.78. The summed E-state index contributed by atoms with van der Waals surface area (Å²) in [7, 11) is 0. The average molecular weight is 384 g/mol. The first-order chi connectivity index (χ1) is 14.2. The van der Waals surface area contributed by atoms with Crippen LogP contribution >= 0.6 is 0 Å². The van der Waals surface area contributed by atoms with Crippen LogP contribution in [-0.4, -0.2) is 35.0 Å². The molecule has 29 heavy (non-hydrogen) atoms. The highest BCUT2D eigenvalue weighted by molar-refractivity contribution is 5.96. The van der Waals surface area contributed by atoms with Crippen molar-refractivity contribution in [1.82, 2.24) is 9.88 Å². The number of fused-ring (bicyclic) bond motifs is 1. The van der Waals surface area contributed by atoms with Gasteiger partial charge in [0.2, 0.25) is 0 Å². The number of hydrogen-bond donors (Lipinski definition) is 0. The standard InChI is InChI=1S/C25H24N2O2/c1-3-19-9-5-6-10-21(19)22-13-14-26-24-17-20(11-12-23(22)24)29-18(2)25(28)27-15-7-4-8-16-27/h1,5-6,9-14,17-18H,4,7-8,15-16H2,2H3.